The summed E-state index contributed by atoms with van der Waals surface area (Å²) in [6, 6.07) is 35.5. The molecule has 3 heterocycles. The summed E-state index contributed by atoms with van der Waals surface area (Å²) in [6.45, 7) is 2.71. The molecule has 0 radical (unpaired) electrons. The number of hydrogen-bond donors (Lipinski definition) is 1. The number of hydrogen-bond acceptors (Lipinski definition) is 3. The summed E-state index contributed by atoms with van der Waals surface area (Å²) in [7, 11) is 0. The van der Waals surface area contributed by atoms with Gasteiger partial charge in [-0.3, -0.25) is 9.69 Å². The van der Waals surface area contributed by atoms with Crippen molar-refractivity contribution in [3.63, 3.8) is 0 Å². The molecule has 1 amide bonds. The van der Waals surface area contributed by atoms with Crippen LogP contribution in [0.5, 0.6) is 11.5 Å². The van der Waals surface area contributed by atoms with Crippen molar-refractivity contribution in [3.05, 3.63) is 114 Å². The zero-order chi connectivity index (χ0) is 27.1. The van der Waals surface area contributed by atoms with Gasteiger partial charge in [0.1, 0.15) is 11.5 Å². The molecule has 0 aromatic heterocycles. The van der Waals surface area contributed by atoms with Gasteiger partial charge in [0.25, 0.3) is 0 Å². The number of ether oxygens (including phenoxy) is 1. The zero-order valence-corrected chi connectivity index (χ0v) is 23.1. The van der Waals surface area contributed by atoms with Crippen molar-refractivity contribution in [1.29, 1.82) is 0 Å². The number of amides is 1. The second kappa shape index (κ2) is 10.6. The summed E-state index contributed by atoms with van der Waals surface area (Å²) >= 11 is 0. The predicted octanol–water partition coefficient (Wildman–Crippen LogP) is 8.04. The lowest BCUT2D eigenvalue weighted by Gasteiger charge is -2.43. The van der Waals surface area contributed by atoms with Gasteiger partial charge in [-0.05, 0) is 67.3 Å². The van der Waals surface area contributed by atoms with Gasteiger partial charge in [-0.25, -0.2) is 0 Å². The Morgan fingerprint density at radius 3 is 2.33 bits per heavy atom. The smallest absolute Gasteiger partial charge is 0.221 e. The number of nitrogens with one attached hydrogen (secondary N) is 1. The number of carbonyl (C=O) groups excluding carboxylic acids is 1. The molecule has 2 fully saturated rings. The minimum absolute atomic E-state index is 0.0691. The van der Waals surface area contributed by atoms with E-state index in [1.165, 1.54) is 42.4 Å². The molecule has 3 aliphatic rings. The lowest BCUT2D eigenvalue weighted by atomic mass is 9.72. The summed E-state index contributed by atoms with van der Waals surface area (Å²) in [5.74, 6) is 2.77. The maximum Gasteiger partial charge on any atom is 0.221 e. The average molecular weight is 529 g/mol. The van der Waals surface area contributed by atoms with E-state index in [4.69, 9.17) is 4.74 Å². The van der Waals surface area contributed by atoms with Gasteiger partial charge in [-0.15, -0.1) is 0 Å². The number of piperidine rings is 1. The number of para-hydroxylation sites is 2. The van der Waals surface area contributed by atoms with Crippen LogP contribution in [0.1, 0.15) is 55.2 Å². The van der Waals surface area contributed by atoms with E-state index < -0.39 is 0 Å². The molecule has 1 N–H and O–H groups in total. The predicted molar refractivity (Wildman–Crippen MR) is 161 cm³/mol. The van der Waals surface area contributed by atoms with Crippen LogP contribution in [0.3, 0.4) is 0 Å². The minimum Gasteiger partial charge on any atom is -0.457 e. The summed E-state index contributed by atoms with van der Waals surface area (Å²) in [5.41, 5.74) is 6.93. The van der Waals surface area contributed by atoms with Crippen molar-refractivity contribution in [1.82, 2.24) is 4.90 Å². The summed E-state index contributed by atoms with van der Waals surface area (Å²) in [4.78, 5) is 14.7. The van der Waals surface area contributed by atoms with E-state index in [2.05, 4.69) is 89.1 Å². The largest absolute Gasteiger partial charge is 0.457 e. The van der Waals surface area contributed by atoms with Gasteiger partial charge in [0.2, 0.25) is 5.91 Å². The summed E-state index contributed by atoms with van der Waals surface area (Å²) in [5, 5.41) is 2.99. The first-order chi connectivity index (χ1) is 19.6. The van der Waals surface area contributed by atoms with Crippen LogP contribution in [0.4, 0.5) is 5.69 Å². The minimum atomic E-state index is -0.0691. The van der Waals surface area contributed by atoms with Crippen LogP contribution in [-0.4, -0.2) is 29.4 Å². The number of benzene rings is 4. The van der Waals surface area contributed by atoms with Gasteiger partial charge in [0.05, 0.1) is 0 Å². The van der Waals surface area contributed by atoms with Crippen LogP contribution in [0.15, 0.2) is 97.1 Å². The molecule has 0 spiro atoms. The van der Waals surface area contributed by atoms with Crippen molar-refractivity contribution in [3.8, 4) is 22.6 Å². The molecule has 40 heavy (non-hydrogen) atoms. The van der Waals surface area contributed by atoms with Crippen LogP contribution in [0.2, 0.25) is 0 Å². The summed E-state index contributed by atoms with van der Waals surface area (Å²) in [6.07, 6.45) is 6.22. The van der Waals surface area contributed by atoms with Crippen LogP contribution in [0.25, 0.3) is 11.1 Å². The fourth-order valence-corrected chi connectivity index (χ4v) is 7.56. The Bertz CT molecular complexity index is 1520. The molecule has 4 heteroatoms. The summed E-state index contributed by atoms with van der Waals surface area (Å²) < 4.78 is 6.56. The van der Waals surface area contributed by atoms with Gasteiger partial charge in [-0.2, -0.15) is 0 Å². The quantitative estimate of drug-likeness (QED) is 0.275. The van der Waals surface area contributed by atoms with Gasteiger partial charge in [0, 0.05) is 53.8 Å². The molecule has 7 rings (SSSR count). The molecule has 0 aliphatic carbocycles. The molecule has 2 bridgehead atoms. The molecule has 3 unspecified atom stereocenters. The molecular formula is C36H36N2O2. The maximum absolute atomic E-state index is 11.8. The van der Waals surface area contributed by atoms with Gasteiger partial charge >= 0.3 is 0 Å². The van der Waals surface area contributed by atoms with E-state index in [9.17, 15) is 4.79 Å². The fourth-order valence-electron chi connectivity index (χ4n) is 7.56. The highest BCUT2D eigenvalue weighted by molar-refractivity contribution is 5.94. The standard InChI is InChI=1S/C36H36N2O2/c1-24(39)37-33-13-7-5-11-30(33)26-15-18-32-35(23-26)40-34-14-8-6-12-31(34)36(32)27-21-28-16-17-29(22-27)38(28)20-19-25-9-3-2-4-10-25/h2-15,18,23,27-29,36H,16-17,19-22H2,1H3,(H,37,39). The third-order valence-corrected chi connectivity index (χ3v) is 9.27. The van der Waals surface area contributed by atoms with Crippen molar-refractivity contribution < 1.29 is 9.53 Å². The first-order valence-corrected chi connectivity index (χ1v) is 14.7. The van der Waals surface area contributed by atoms with E-state index in [1.807, 2.05) is 18.2 Å². The second-order valence-corrected chi connectivity index (χ2v) is 11.7. The van der Waals surface area contributed by atoms with E-state index in [0.717, 1.165) is 41.3 Å². The zero-order valence-electron chi connectivity index (χ0n) is 23.1. The molecule has 3 atom stereocenters. The highest BCUT2D eigenvalue weighted by Gasteiger charge is 2.45. The first-order valence-electron chi connectivity index (χ1n) is 14.7. The van der Waals surface area contributed by atoms with Crippen molar-refractivity contribution in [2.45, 2.75) is 57.0 Å². The molecule has 4 aromatic carbocycles. The molecule has 3 aliphatic heterocycles. The number of carbonyl (C=O) groups is 1. The van der Waals surface area contributed by atoms with Gasteiger partial charge in [-0.1, -0.05) is 78.9 Å². The first kappa shape index (κ1) is 25.1. The number of nitrogens with zero attached hydrogens (tertiary/aromatic N) is 1. The van der Waals surface area contributed by atoms with Gasteiger partial charge in [0.15, 0.2) is 0 Å². The average Bonchev–Trinajstić information content (AvgIpc) is 3.21. The number of fused-ring (bicyclic) bond motifs is 4. The second-order valence-electron chi connectivity index (χ2n) is 11.7. The Morgan fingerprint density at radius 2 is 1.52 bits per heavy atom. The molecule has 0 saturated carbocycles. The molecule has 2 saturated heterocycles. The number of anilines is 1. The topological polar surface area (TPSA) is 41.6 Å². The normalized spacial score (nSPS) is 23.1. The number of rotatable bonds is 6. The Hall–Kier alpha value is -3.89. The highest BCUT2D eigenvalue weighted by Crippen LogP contribution is 2.53. The van der Waals surface area contributed by atoms with Crippen LogP contribution >= 0.6 is 0 Å². The SMILES string of the molecule is CC(=O)Nc1ccccc1-c1ccc2c(c1)Oc1ccccc1C2C1CC2CCC(C1)N2CCc1ccccc1. The van der Waals surface area contributed by atoms with Gasteiger partial charge < -0.3 is 10.1 Å². The lowest BCUT2D eigenvalue weighted by molar-refractivity contribution is -0.114. The van der Waals surface area contributed by atoms with Crippen LogP contribution in [-0.2, 0) is 11.2 Å². The van der Waals surface area contributed by atoms with Crippen LogP contribution < -0.4 is 10.1 Å². The van der Waals surface area contributed by atoms with Crippen molar-refractivity contribution in [2.24, 2.45) is 5.92 Å². The monoisotopic (exact) mass is 528 g/mol. The molecule has 202 valence electrons. The van der Waals surface area contributed by atoms with Crippen molar-refractivity contribution >= 4 is 11.6 Å². The third-order valence-electron chi connectivity index (χ3n) is 9.27. The van der Waals surface area contributed by atoms with E-state index >= 15 is 0 Å². The lowest BCUT2D eigenvalue weighted by Crippen LogP contribution is -2.45. The molecule has 4 aromatic rings. The Kier molecular flexibility index (Phi) is 6.65. The third kappa shape index (κ3) is 4.71. The Morgan fingerprint density at radius 1 is 0.825 bits per heavy atom. The van der Waals surface area contributed by atoms with Crippen LogP contribution in [0, 0.1) is 5.92 Å². The Balaban J connectivity index is 1.18. The maximum atomic E-state index is 11.8. The van der Waals surface area contributed by atoms with E-state index in [-0.39, 0.29) is 5.91 Å². The van der Waals surface area contributed by atoms with E-state index in [1.54, 1.807) is 6.92 Å². The molecular weight excluding hydrogens is 492 g/mol. The van der Waals surface area contributed by atoms with E-state index in [0.29, 0.717) is 23.9 Å². The molecule has 4 nitrogen and oxygen atoms in total. The highest BCUT2D eigenvalue weighted by atomic mass is 16.5. The van der Waals surface area contributed by atoms with Crippen molar-refractivity contribution in [2.75, 3.05) is 11.9 Å². The Labute approximate surface area is 237 Å². The fraction of sp³-hybridized carbons (Fsp3) is 0.306.